The minimum absolute atomic E-state index is 0.245. The Morgan fingerprint density at radius 2 is 1.74 bits per heavy atom. The van der Waals surface area contributed by atoms with E-state index < -0.39 is 0 Å². The highest BCUT2D eigenvalue weighted by Gasteiger charge is 2.25. The fourth-order valence-electron chi connectivity index (χ4n) is 1.89. The van der Waals surface area contributed by atoms with Crippen LogP contribution in [0.4, 0.5) is 0 Å². The molecule has 0 amide bonds. The predicted octanol–water partition coefficient (Wildman–Crippen LogP) is 4.46. The number of alkyl halides is 1. The first-order chi connectivity index (χ1) is 9.19. The maximum atomic E-state index is 5.94. The van der Waals surface area contributed by atoms with Gasteiger partial charge in [0, 0.05) is 17.9 Å². The van der Waals surface area contributed by atoms with Crippen LogP contribution in [0.5, 0.6) is 5.75 Å². The molecular weight excluding hydrogens is 304 g/mol. The number of hydrogen-bond donors (Lipinski definition) is 0. The molecule has 1 aromatic carbocycles. The summed E-state index contributed by atoms with van der Waals surface area (Å²) in [7, 11) is 1.73. The van der Waals surface area contributed by atoms with E-state index >= 15 is 0 Å². The van der Waals surface area contributed by atoms with Gasteiger partial charge >= 0.3 is 0 Å². The van der Waals surface area contributed by atoms with Crippen molar-refractivity contribution in [2.24, 2.45) is 5.41 Å². The maximum absolute atomic E-state index is 5.94. The minimum Gasteiger partial charge on any atom is -0.493 e. The third kappa shape index (κ3) is 5.15. The van der Waals surface area contributed by atoms with Gasteiger partial charge in [-0.15, -0.1) is 0 Å². The zero-order valence-corrected chi connectivity index (χ0v) is 13.8. The van der Waals surface area contributed by atoms with Crippen LogP contribution in [-0.4, -0.2) is 25.7 Å². The summed E-state index contributed by atoms with van der Waals surface area (Å²) in [5, 5.41) is 0.985. The first-order valence-electron chi connectivity index (χ1n) is 6.96. The molecule has 2 nitrogen and oxygen atoms in total. The lowest BCUT2D eigenvalue weighted by atomic mass is 9.86. The number of halogens is 1. The Kier molecular flexibility index (Phi) is 7.47. The highest BCUT2D eigenvalue weighted by Crippen LogP contribution is 2.29. The Morgan fingerprint density at radius 3 is 2.21 bits per heavy atom. The number of rotatable bonds is 9. The zero-order valence-electron chi connectivity index (χ0n) is 12.2. The van der Waals surface area contributed by atoms with Gasteiger partial charge in [0.05, 0.1) is 13.2 Å². The summed E-state index contributed by atoms with van der Waals surface area (Å²) < 4.78 is 11.0. The largest absolute Gasteiger partial charge is 0.493 e. The van der Waals surface area contributed by atoms with Crippen LogP contribution in [0.2, 0.25) is 0 Å². The molecule has 1 aromatic rings. The Bertz CT molecular complexity index is 336. The van der Waals surface area contributed by atoms with Crippen molar-refractivity contribution in [1.82, 2.24) is 0 Å². The second-order valence-electron chi connectivity index (χ2n) is 5.02. The summed E-state index contributed by atoms with van der Waals surface area (Å²) in [4.78, 5) is 0. The molecule has 0 aliphatic carbocycles. The SMILES string of the molecule is CCC(CC)(CBr)COc1ccc(CCOC)cc1. The topological polar surface area (TPSA) is 18.5 Å². The molecule has 0 heterocycles. The van der Waals surface area contributed by atoms with Crippen LogP contribution in [-0.2, 0) is 11.2 Å². The van der Waals surface area contributed by atoms with Gasteiger partial charge in [-0.25, -0.2) is 0 Å². The van der Waals surface area contributed by atoms with Crippen LogP contribution in [0.15, 0.2) is 24.3 Å². The smallest absolute Gasteiger partial charge is 0.119 e. The van der Waals surface area contributed by atoms with E-state index in [0.717, 1.165) is 43.6 Å². The van der Waals surface area contributed by atoms with Crippen LogP contribution in [0.3, 0.4) is 0 Å². The molecule has 0 radical (unpaired) electrons. The van der Waals surface area contributed by atoms with Crippen molar-refractivity contribution in [2.75, 3.05) is 25.7 Å². The number of hydrogen-bond acceptors (Lipinski definition) is 2. The lowest BCUT2D eigenvalue weighted by Crippen LogP contribution is -2.28. The van der Waals surface area contributed by atoms with Gasteiger partial charge in [0.25, 0.3) is 0 Å². The van der Waals surface area contributed by atoms with Gasteiger partial charge in [-0.05, 0) is 37.0 Å². The lowest BCUT2D eigenvalue weighted by molar-refractivity contribution is 0.158. The standard InChI is InChI=1S/C16H25BrO2/c1-4-16(5-2,12-17)13-19-15-8-6-14(7-9-15)10-11-18-3/h6-9H,4-5,10-13H2,1-3H3. The molecule has 108 valence electrons. The fraction of sp³-hybridized carbons (Fsp3) is 0.625. The molecule has 0 spiro atoms. The number of ether oxygens (including phenoxy) is 2. The van der Waals surface area contributed by atoms with Crippen LogP contribution in [0.25, 0.3) is 0 Å². The molecule has 3 heteroatoms. The summed E-state index contributed by atoms with van der Waals surface area (Å²) in [5.41, 5.74) is 1.53. The monoisotopic (exact) mass is 328 g/mol. The van der Waals surface area contributed by atoms with Gasteiger partial charge in [-0.2, -0.15) is 0 Å². The van der Waals surface area contributed by atoms with Gasteiger partial charge in [0.2, 0.25) is 0 Å². The summed E-state index contributed by atoms with van der Waals surface area (Å²) in [5.74, 6) is 0.952. The van der Waals surface area contributed by atoms with E-state index in [9.17, 15) is 0 Å². The third-order valence-corrected chi connectivity index (χ3v) is 5.04. The molecule has 0 aliphatic heterocycles. The van der Waals surface area contributed by atoms with Crippen LogP contribution in [0, 0.1) is 5.41 Å². The molecular formula is C16H25BrO2. The molecule has 0 bridgehead atoms. The number of benzene rings is 1. The summed E-state index contributed by atoms with van der Waals surface area (Å²) in [6, 6.07) is 8.33. The molecule has 0 fully saturated rings. The van der Waals surface area contributed by atoms with Crippen molar-refractivity contribution >= 4 is 15.9 Å². The second-order valence-corrected chi connectivity index (χ2v) is 5.58. The average Bonchev–Trinajstić information content (AvgIpc) is 2.48. The van der Waals surface area contributed by atoms with Crippen molar-refractivity contribution in [3.63, 3.8) is 0 Å². The Balaban J connectivity index is 2.53. The van der Waals surface area contributed by atoms with Crippen molar-refractivity contribution in [1.29, 1.82) is 0 Å². The van der Waals surface area contributed by atoms with Gasteiger partial charge in [0.15, 0.2) is 0 Å². The maximum Gasteiger partial charge on any atom is 0.119 e. The minimum atomic E-state index is 0.245. The Morgan fingerprint density at radius 1 is 1.11 bits per heavy atom. The van der Waals surface area contributed by atoms with Crippen molar-refractivity contribution < 1.29 is 9.47 Å². The van der Waals surface area contributed by atoms with E-state index in [4.69, 9.17) is 9.47 Å². The van der Waals surface area contributed by atoms with E-state index in [-0.39, 0.29) is 5.41 Å². The molecule has 0 saturated heterocycles. The van der Waals surface area contributed by atoms with E-state index in [2.05, 4.69) is 54.0 Å². The quantitative estimate of drug-likeness (QED) is 0.623. The van der Waals surface area contributed by atoms with Crippen molar-refractivity contribution in [2.45, 2.75) is 33.1 Å². The molecule has 19 heavy (non-hydrogen) atoms. The van der Waals surface area contributed by atoms with Gasteiger partial charge in [-0.1, -0.05) is 41.9 Å². The van der Waals surface area contributed by atoms with Crippen LogP contribution < -0.4 is 4.74 Å². The second kappa shape index (κ2) is 8.60. The molecule has 0 N–H and O–H groups in total. The van der Waals surface area contributed by atoms with E-state index in [1.54, 1.807) is 7.11 Å². The van der Waals surface area contributed by atoms with Crippen LogP contribution in [0.1, 0.15) is 32.3 Å². The first-order valence-corrected chi connectivity index (χ1v) is 8.08. The summed E-state index contributed by atoms with van der Waals surface area (Å²) >= 11 is 3.61. The van der Waals surface area contributed by atoms with E-state index in [0.29, 0.717) is 0 Å². The third-order valence-electron chi connectivity index (χ3n) is 3.85. The van der Waals surface area contributed by atoms with Gasteiger partial charge in [-0.3, -0.25) is 0 Å². The fourth-order valence-corrected chi connectivity index (χ4v) is 2.85. The molecule has 0 unspecified atom stereocenters. The van der Waals surface area contributed by atoms with Gasteiger partial charge in [0.1, 0.15) is 5.75 Å². The number of methoxy groups -OCH3 is 1. The highest BCUT2D eigenvalue weighted by molar-refractivity contribution is 9.09. The van der Waals surface area contributed by atoms with Crippen molar-refractivity contribution in [3.05, 3.63) is 29.8 Å². The van der Waals surface area contributed by atoms with E-state index in [1.807, 2.05) is 0 Å². The summed E-state index contributed by atoms with van der Waals surface area (Å²) in [6.45, 7) is 5.98. The normalized spacial score (nSPS) is 11.6. The van der Waals surface area contributed by atoms with E-state index in [1.165, 1.54) is 5.56 Å². The zero-order chi connectivity index (χ0) is 14.1. The molecule has 1 rings (SSSR count). The molecule has 0 aliphatic rings. The van der Waals surface area contributed by atoms with Gasteiger partial charge < -0.3 is 9.47 Å². The molecule has 0 saturated carbocycles. The van der Waals surface area contributed by atoms with Crippen LogP contribution >= 0.6 is 15.9 Å². The first kappa shape index (κ1) is 16.5. The highest BCUT2D eigenvalue weighted by atomic mass is 79.9. The summed E-state index contributed by atoms with van der Waals surface area (Å²) in [6.07, 6.45) is 3.20. The molecule has 0 atom stereocenters. The Labute approximate surface area is 125 Å². The lowest BCUT2D eigenvalue weighted by Gasteiger charge is -2.29. The molecule has 0 aromatic heterocycles. The Hall–Kier alpha value is -0.540. The van der Waals surface area contributed by atoms with Crippen molar-refractivity contribution in [3.8, 4) is 5.75 Å². The predicted molar refractivity (Wildman–Crippen MR) is 84.3 cm³/mol. The average molecular weight is 329 g/mol.